The van der Waals surface area contributed by atoms with Gasteiger partial charge in [-0.15, -0.1) is 0 Å². The van der Waals surface area contributed by atoms with Crippen LogP contribution in [-0.4, -0.2) is 15.5 Å². The number of benzene rings is 1. The number of hydrogen-bond donors (Lipinski definition) is 2. The van der Waals surface area contributed by atoms with Gasteiger partial charge in [-0.25, -0.2) is 0 Å². The van der Waals surface area contributed by atoms with Crippen molar-refractivity contribution >= 4 is 15.9 Å². The Morgan fingerprint density at radius 2 is 1.92 bits per heavy atom. The summed E-state index contributed by atoms with van der Waals surface area (Å²) in [4.78, 5) is 0. The fourth-order valence-electron chi connectivity index (χ4n) is 1.14. The molecule has 0 unspecified atom stereocenters. The van der Waals surface area contributed by atoms with Crippen LogP contribution in [0.2, 0.25) is 0 Å². The van der Waals surface area contributed by atoms with Crippen LogP contribution in [0.1, 0.15) is 19.4 Å². The summed E-state index contributed by atoms with van der Waals surface area (Å²) < 4.78 is 0. The minimum atomic E-state index is -0.178. The van der Waals surface area contributed by atoms with Crippen molar-refractivity contribution in [3.8, 4) is 11.5 Å². The molecule has 0 spiro atoms. The van der Waals surface area contributed by atoms with Crippen molar-refractivity contribution in [2.24, 2.45) is 0 Å². The van der Waals surface area contributed by atoms with E-state index in [1.165, 1.54) is 12.1 Å². The van der Waals surface area contributed by atoms with Crippen LogP contribution >= 0.6 is 15.9 Å². The average Bonchev–Trinajstić information content (AvgIpc) is 2.09. The Kier molecular flexibility index (Phi) is 2.86. The zero-order chi connectivity index (χ0) is 10.1. The quantitative estimate of drug-likeness (QED) is 0.621. The SMILES string of the molecule is CC(C)(CBr)c1cc(O)ccc1O. The predicted molar refractivity (Wildman–Crippen MR) is 56.6 cm³/mol. The highest BCUT2D eigenvalue weighted by Crippen LogP contribution is 2.34. The molecule has 1 rings (SSSR count). The number of halogens is 1. The van der Waals surface area contributed by atoms with Gasteiger partial charge in [0.25, 0.3) is 0 Å². The van der Waals surface area contributed by atoms with Gasteiger partial charge < -0.3 is 10.2 Å². The molecule has 0 heterocycles. The number of rotatable bonds is 2. The lowest BCUT2D eigenvalue weighted by molar-refractivity contribution is 0.437. The standard InChI is InChI=1S/C10H13BrO2/c1-10(2,6-11)8-5-7(12)3-4-9(8)13/h3-5,12-13H,6H2,1-2H3. The summed E-state index contributed by atoms with van der Waals surface area (Å²) in [5, 5.41) is 19.6. The van der Waals surface area contributed by atoms with Crippen molar-refractivity contribution < 1.29 is 10.2 Å². The summed E-state index contributed by atoms with van der Waals surface area (Å²) in [6.07, 6.45) is 0. The molecule has 0 aliphatic heterocycles. The molecule has 0 aliphatic rings. The number of alkyl halides is 1. The summed E-state index contributed by atoms with van der Waals surface area (Å²) in [6, 6.07) is 4.58. The highest BCUT2D eigenvalue weighted by molar-refractivity contribution is 9.09. The Labute approximate surface area is 86.3 Å². The molecule has 0 aromatic heterocycles. The van der Waals surface area contributed by atoms with E-state index in [1.807, 2.05) is 13.8 Å². The van der Waals surface area contributed by atoms with Gasteiger partial charge in [0.05, 0.1) is 0 Å². The molecule has 0 atom stereocenters. The van der Waals surface area contributed by atoms with E-state index >= 15 is 0 Å². The molecule has 1 aromatic carbocycles. The maximum absolute atomic E-state index is 9.57. The highest BCUT2D eigenvalue weighted by atomic mass is 79.9. The van der Waals surface area contributed by atoms with Gasteiger partial charge in [-0.1, -0.05) is 29.8 Å². The van der Waals surface area contributed by atoms with Gasteiger partial charge in [0.1, 0.15) is 11.5 Å². The molecule has 0 aliphatic carbocycles. The van der Waals surface area contributed by atoms with Gasteiger partial charge in [0.15, 0.2) is 0 Å². The Morgan fingerprint density at radius 1 is 1.31 bits per heavy atom. The molecule has 0 saturated carbocycles. The molecule has 0 saturated heterocycles. The van der Waals surface area contributed by atoms with Crippen molar-refractivity contribution in [3.63, 3.8) is 0 Å². The first-order chi connectivity index (χ1) is 5.97. The monoisotopic (exact) mass is 244 g/mol. The molecular formula is C10H13BrO2. The molecule has 3 heteroatoms. The second-order valence-electron chi connectivity index (χ2n) is 3.72. The smallest absolute Gasteiger partial charge is 0.119 e. The van der Waals surface area contributed by atoms with Gasteiger partial charge in [-0.3, -0.25) is 0 Å². The maximum atomic E-state index is 9.57. The summed E-state index contributed by atoms with van der Waals surface area (Å²) in [5.41, 5.74) is 0.576. The molecule has 1 aromatic rings. The molecular weight excluding hydrogens is 232 g/mol. The first-order valence-electron chi connectivity index (χ1n) is 4.06. The molecule has 2 nitrogen and oxygen atoms in total. The fourth-order valence-corrected chi connectivity index (χ4v) is 1.44. The van der Waals surface area contributed by atoms with Crippen molar-refractivity contribution in [2.75, 3.05) is 5.33 Å². The third-order valence-corrected chi connectivity index (χ3v) is 3.45. The van der Waals surface area contributed by atoms with Crippen LogP contribution in [0.4, 0.5) is 0 Å². The minimum Gasteiger partial charge on any atom is -0.508 e. The zero-order valence-electron chi connectivity index (χ0n) is 7.71. The third-order valence-electron chi connectivity index (χ3n) is 2.04. The average molecular weight is 245 g/mol. The van der Waals surface area contributed by atoms with Crippen molar-refractivity contribution in [3.05, 3.63) is 23.8 Å². The highest BCUT2D eigenvalue weighted by Gasteiger charge is 2.22. The lowest BCUT2D eigenvalue weighted by Crippen LogP contribution is -2.18. The Balaban J connectivity index is 3.20. The second kappa shape index (κ2) is 3.58. The van der Waals surface area contributed by atoms with Gasteiger partial charge >= 0.3 is 0 Å². The van der Waals surface area contributed by atoms with E-state index in [-0.39, 0.29) is 16.9 Å². The molecule has 0 radical (unpaired) electrons. The Morgan fingerprint density at radius 3 is 2.46 bits per heavy atom. The summed E-state index contributed by atoms with van der Waals surface area (Å²) >= 11 is 3.37. The lowest BCUT2D eigenvalue weighted by Gasteiger charge is -2.23. The fraction of sp³-hybridized carbons (Fsp3) is 0.400. The van der Waals surface area contributed by atoms with Crippen molar-refractivity contribution in [1.82, 2.24) is 0 Å². The largest absolute Gasteiger partial charge is 0.508 e. The van der Waals surface area contributed by atoms with E-state index in [4.69, 9.17) is 0 Å². The number of phenols is 2. The molecule has 13 heavy (non-hydrogen) atoms. The molecule has 72 valence electrons. The minimum absolute atomic E-state index is 0.178. The van der Waals surface area contributed by atoms with E-state index in [1.54, 1.807) is 6.07 Å². The van der Waals surface area contributed by atoms with E-state index in [9.17, 15) is 10.2 Å². The third kappa shape index (κ3) is 2.15. The molecule has 0 amide bonds. The predicted octanol–water partition coefficient (Wildman–Crippen LogP) is 2.77. The number of phenolic OH excluding ortho intramolecular Hbond substituents is 2. The Bertz CT molecular complexity index is 308. The first-order valence-corrected chi connectivity index (χ1v) is 5.18. The van der Waals surface area contributed by atoms with Crippen LogP contribution in [0.25, 0.3) is 0 Å². The van der Waals surface area contributed by atoms with E-state index in [0.29, 0.717) is 0 Å². The topological polar surface area (TPSA) is 40.5 Å². The van der Waals surface area contributed by atoms with E-state index in [0.717, 1.165) is 10.9 Å². The van der Waals surface area contributed by atoms with Crippen LogP contribution in [0.3, 0.4) is 0 Å². The van der Waals surface area contributed by atoms with Gasteiger partial charge in [0, 0.05) is 16.3 Å². The molecule has 2 N–H and O–H groups in total. The number of hydrogen-bond acceptors (Lipinski definition) is 2. The summed E-state index contributed by atoms with van der Waals surface area (Å²) in [6.45, 7) is 3.99. The van der Waals surface area contributed by atoms with Gasteiger partial charge in [-0.2, -0.15) is 0 Å². The molecule has 0 fully saturated rings. The van der Waals surface area contributed by atoms with Crippen LogP contribution < -0.4 is 0 Å². The summed E-state index contributed by atoms with van der Waals surface area (Å²) in [7, 11) is 0. The zero-order valence-corrected chi connectivity index (χ0v) is 9.30. The van der Waals surface area contributed by atoms with Crippen LogP contribution in [0.5, 0.6) is 11.5 Å². The van der Waals surface area contributed by atoms with Crippen LogP contribution in [0, 0.1) is 0 Å². The van der Waals surface area contributed by atoms with Crippen LogP contribution in [-0.2, 0) is 5.41 Å². The second-order valence-corrected chi connectivity index (χ2v) is 4.28. The van der Waals surface area contributed by atoms with E-state index < -0.39 is 0 Å². The van der Waals surface area contributed by atoms with Gasteiger partial charge in [0.2, 0.25) is 0 Å². The first kappa shape index (κ1) is 10.4. The van der Waals surface area contributed by atoms with Crippen molar-refractivity contribution in [1.29, 1.82) is 0 Å². The van der Waals surface area contributed by atoms with Crippen LogP contribution in [0.15, 0.2) is 18.2 Å². The molecule has 0 bridgehead atoms. The number of aromatic hydroxyl groups is 2. The van der Waals surface area contributed by atoms with Crippen molar-refractivity contribution in [2.45, 2.75) is 19.3 Å². The maximum Gasteiger partial charge on any atom is 0.119 e. The van der Waals surface area contributed by atoms with Gasteiger partial charge in [-0.05, 0) is 18.2 Å². The lowest BCUT2D eigenvalue weighted by atomic mass is 9.86. The summed E-state index contributed by atoms with van der Waals surface area (Å²) in [5.74, 6) is 0.407. The normalized spacial score (nSPS) is 11.6. The Hall–Kier alpha value is -0.700. The van der Waals surface area contributed by atoms with E-state index in [2.05, 4.69) is 15.9 Å².